The summed E-state index contributed by atoms with van der Waals surface area (Å²) in [6, 6.07) is 3.00. The summed E-state index contributed by atoms with van der Waals surface area (Å²) < 4.78 is 5.38. The van der Waals surface area contributed by atoms with Gasteiger partial charge >= 0.3 is 0 Å². The summed E-state index contributed by atoms with van der Waals surface area (Å²) in [7, 11) is 0. The minimum Gasteiger partial charge on any atom is -0.482 e. The van der Waals surface area contributed by atoms with Crippen molar-refractivity contribution in [2.75, 3.05) is 26.2 Å². The Morgan fingerprint density at radius 2 is 2.00 bits per heavy atom. The second-order valence-electron chi connectivity index (χ2n) is 5.34. The molecule has 1 aromatic carbocycles. The van der Waals surface area contributed by atoms with Crippen molar-refractivity contribution in [2.45, 2.75) is 19.3 Å². The van der Waals surface area contributed by atoms with Crippen LogP contribution in [0.5, 0.6) is 5.75 Å². The summed E-state index contributed by atoms with van der Waals surface area (Å²) in [6.45, 7) is 2.69. The van der Waals surface area contributed by atoms with Crippen molar-refractivity contribution in [1.82, 2.24) is 10.6 Å². The Morgan fingerprint density at radius 1 is 1.26 bits per heavy atom. The second kappa shape index (κ2) is 10.5. The third-order valence-electron chi connectivity index (χ3n) is 3.61. The number of ether oxygens (including phenoxy) is 1. The first-order chi connectivity index (χ1) is 10.6. The Bertz CT molecular complexity index is 522. The van der Waals surface area contributed by atoms with Crippen LogP contribution >= 0.6 is 47.2 Å². The highest BCUT2D eigenvalue weighted by atomic mass is 35.5. The van der Waals surface area contributed by atoms with Crippen molar-refractivity contribution < 1.29 is 9.53 Å². The minimum absolute atomic E-state index is 0. The molecule has 8 heteroatoms. The lowest BCUT2D eigenvalue weighted by Crippen LogP contribution is -2.34. The zero-order valence-corrected chi connectivity index (χ0v) is 15.6. The molecule has 0 saturated carbocycles. The van der Waals surface area contributed by atoms with E-state index in [9.17, 15) is 4.79 Å². The zero-order valence-electron chi connectivity index (χ0n) is 12.5. The number of hydrogen-bond acceptors (Lipinski definition) is 3. The largest absolute Gasteiger partial charge is 0.482 e. The van der Waals surface area contributed by atoms with Gasteiger partial charge in [0, 0.05) is 12.6 Å². The summed E-state index contributed by atoms with van der Waals surface area (Å²) in [6.07, 6.45) is 3.40. The van der Waals surface area contributed by atoms with Gasteiger partial charge in [-0.05, 0) is 44.3 Å². The van der Waals surface area contributed by atoms with Crippen LogP contribution in [0.4, 0.5) is 0 Å². The molecule has 23 heavy (non-hydrogen) atoms. The van der Waals surface area contributed by atoms with Crippen molar-refractivity contribution in [3.63, 3.8) is 0 Å². The second-order valence-corrected chi connectivity index (χ2v) is 6.56. The van der Waals surface area contributed by atoms with Gasteiger partial charge in [-0.25, -0.2) is 0 Å². The van der Waals surface area contributed by atoms with Crippen LogP contribution in [0.1, 0.15) is 19.3 Å². The van der Waals surface area contributed by atoms with E-state index in [1.165, 1.54) is 25.0 Å². The molecule has 1 heterocycles. The van der Waals surface area contributed by atoms with E-state index in [2.05, 4.69) is 10.6 Å². The fourth-order valence-corrected chi connectivity index (χ4v) is 2.99. The van der Waals surface area contributed by atoms with E-state index in [1.54, 1.807) is 0 Å². The van der Waals surface area contributed by atoms with Crippen LogP contribution in [-0.2, 0) is 4.79 Å². The Labute approximate surface area is 157 Å². The maximum Gasteiger partial charge on any atom is 0.257 e. The van der Waals surface area contributed by atoms with Crippen molar-refractivity contribution >= 4 is 53.1 Å². The predicted octanol–water partition coefficient (Wildman–Crippen LogP) is 3.95. The van der Waals surface area contributed by atoms with Gasteiger partial charge in [0.25, 0.3) is 5.91 Å². The van der Waals surface area contributed by atoms with Crippen LogP contribution < -0.4 is 15.4 Å². The van der Waals surface area contributed by atoms with Crippen molar-refractivity contribution in [2.24, 2.45) is 5.92 Å². The number of rotatable bonds is 6. The van der Waals surface area contributed by atoms with E-state index in [4.69, 9.17) is 39.5 Å². The summed E-state index contributed by atoms with van der Waals surface area (Å²) in [5, 5.41) is 7.23. The first-order valence-electron chi connectivity index (χ1n) is 7.31. The van der Waals surface area contributed by atoms with E-state index < -0.39 is 0 Å². The third-order valence-corrected chi connectivity index (χ3v) is 4.62. The standard InChI is InChI=1S/C15H19Cl3N2O2.ClH/c16-11-6-13(18)14(7-12(11)17)22-9-15(21)20-5-3-10-2-1-4-19-8-10;/h6-7,10,19H,1-5,8-9H2,(H,20,21);1H. The molecular weight excluding hydrogens is 382 g/mol. The summed E-state index contributed by atoms with van der Waals surface area (Å²) in [5.41, 5.74) is 0. The number of nitrogens with one attached hydrogen (secondary N) is 2. The topological polar surface area (TPSA) is 50.4 Å². The van der Waals surface area contributed by atoms with Crippen LogP contribution in [0.15, 0.2) is 12.1 Å². The summed E-state index contributed by atoms with van der Waals surface area (Å²) in [4.78, 5) is 11.8. The van der Waals surface area contributed by atoms with Gasteiger partial charge in [-0.3, -0.25) is 4.79 Å². The molecule has 1 unspecified atom stereocenters. The van der Waals surface area contributed by atoms with E-state index in [-0.39, 0.29) is 24.9 Å². The van der Waals surface area contributed by atoms with Gasteiger partial charge in [-0.2, -0.15) is 0 Å². The van der Waals surface area contributed by atoms with Crippen LogP contribution in [0.2, 0.25) is 15.1 Å². The van der Waals surface area contributed by atoms with E-state index >= 15 is 0 Å². The molecule has 2 N–H and O–H groups in total. The van der Waals surface area contributed by atoms with Gasteiger partial charge in [-0.15, -0.1) is 12.4 Å². The lowest BCUT2D eigenvalue weighted by atomic mass is 9.96. The molecule has 1 saturated heterocycles. The van der Waals surface area contributed by atoms with Crippen LogP contribution in [0.25, 0.3) is 0 Å². The van der Waals surface area contributed by atoms with E-state index in [0.717, 1.165) is 19.5 Å². The summed E-state index contributed by atoms with van der Waals surface area (Å²) >= 11 is 17.7. The molecule has 0 spiro atoms. The number of halogens is 4. The molecule has 1 fully saturated rings. The molecule has 0 radical (unpaired) electrons. The SMILES string of the molecule is Cl.O=C(COc1cc(Cl)c(Cl)cc1Cl)NCCC1CCCNC1. The number of benzene rings is 1. The molecule has 130 valence electrons. The molecule has 1 amide bonds. The van der Waals surface area contributed by atoms with Crippen LogP contribution in [0.3, 0.4) is 0 Å². The molecular formula is C15H20Cl4N2O2. The number of amides is 1. The highest BCUT2D eigenvalue weighted by molar-refractivity contribution is 6.43. The number of carbonyl (C=O) groups excluding carboxylic acids is 1. The molecule has 0 aromatic heterocycles. The third kappa shape index (κ3) is 6.94. The monoisotopic (exact) mass is 400 g/mol. The van der Waals surface area contributed by atoms with Gasteiger partial charge in [0.1, 0.15) is 5.75 Å². The van der Waals surface area contributed by atoms with E-state index in [1.807, 2.05) is 0 Å². The van der Waals surface area contributed by atoms with Crippen molar-refractivity contribution in [3.8, 4) is 5.75 Å². The number of carbonyl (C=O) groups is 1. The van der Waals surface area contributed by atoms with Gasteiger partial charge in [0.05, 0.1) is 15.1 Å². The average molecular weight is 402 g/mol. The summed E-state index contributed by atoms with van der Waals surface area (Å²) in [5.74, 6) is 0.813. The molecule has 2 rings (SSSR count). The average Bonchev–Trinajstić information content (AvgIpc) is 2.50. The van der Waals surface area contributed by atoms with Crippen molar-refractivity contribution in [3.05, 3.63) is 27.2 Å². The maximum atomic E-state index is 11.8. The maximum absolute atomic E-state index is 11.8. The number of piperidine rings is 1. The Morgan fingerprint density at radius 3 is 2.70 bits per heavy atom. The first kappa shape index (κ1) is 20.7. The zero-order chi connectivity index (χ0) is 15.9. The minimum atomic E-state index is -0.175. The fraction of sp³-hybridized carbons (Fsp3) is 0.533. The van der Waals surface area contributed by atoms with Crippen molar-refractivity contribution in [1.29, 1.82) is 0 Å². The Balaban J connectivity index is 0.00000264. The molecule has 1 aromatic rings. The van der Waals surface area contributed by atoms with Crippen LogP contribution in [0, 0.1) is 5.92 Å². The van der Waals surface area contributed by atoms with Gasteiger partial charge in [0.15, 0.2) is 6.61 Å². The van der Waals surface area contributed by atoms with Gasteiger partial charge in [-0.1, -0.05) is 34.8 Å². The van der Waals surface area contributed by atoms with Gasteiger partial charge < -0.3 is 15.4 Å². The Kier molecular flexibility index (Phi) is 9.40. The van der Waals surface area contributed by atoms with E-state index in [0.29, 0.717) is 33.3 Å². The number of hydrogen-bond donors (Lipinski definition) is 2. The molecule has 1 aliphatic heterocycles. The predicted molar refractivity (Wildman–Crippen MR) is 97.4 cm³/mol. The smallest absolute Gasteiger partial charge is 0.257 e. The first-order valence-corrected chi connectivity index (χ1v) is 8.44. The quantitative estimate of drug-likeness (QED) is 0.709. The van der Waals surface area contributed by atoms with Crippen LogP contribution in [-0.4, -0.2) is 32.1 Å². The molecule has 1 atom stereocenters. The molecule has 4 nitrogen and oxygen atoms in total. The van der Waals surface area contributed by atoms with Gasteiger partial charge in [0.2, 0.25) is 0 Å². The Hall–Kier alpha value is -0.390. The molecule has 0 bridgehead atoms. The normalized spacial score (nSPS) is 17.3. The lowest BCUT2D eigenvalue weighted by molar-refractivity contribution is -0.123. The fourth-order valence-electron chi connectivity index (χ4n) is 2.40. The molecule has 1 aliphatic rings. The lowest BCUT2D eigenvalue weighted by Gasteiger charge is -2.22. The highest BCUT2D eigenvalue weighted by Crippen LogP contribution is 2.33. The highest BCUT2D eigenvalue weighted by Gasteiger charge is 2.13. The molecule has 0 aliphatic carbocycles.